The predicted octanol–water partition coefficient (Wildman–Crippen LogP) is 6.84. The van der Waals surface area contributed by atoms with Crippen molar-refractivity contribution in [2.75, 3.05) is 5.32 Å². The van der Waals surface area contributed by atoms with Gasteiger partial charge in [0.1, 0.15) is 17.4 Å². The van der Waals surface area contributed by atoms with E-state index in [1.807, 2.05) is 36.4 Å². The molecule has 0 radical (unpaired) electrons. The van der Waals surface area contributed by atoms with E-state index in [2.05, 4.69) is 25.0 Å². The van der Waals surface area contributed by atoms with Gasteiger partial charge in [-0.2, -0.15) is 8.78 Å². The van der Waals surface area contributed by atoms with Gasteiger partial charge in [0.25, 0.3) is 0 Å². The molecule has 168 valence electrons. The molecule has 3 aromatic carbocycles. The molecular weight excluding hydrogens is 441 g/mol. The van der Waals surface area contributed by atoms with Crippen LogP contribution in [0.25, 0.3) is 33.4 Å². The topological polar surface area (TPSA) is 59.9 Å². The summed E-state index contributed by atoms with van der Waals surface area (Å²) in [5.74, 6) is 0.477. The van der Waals surface area contributed by atoms with E-state index >= 15 is 4.39 Å². The molecule has 0 aliphatic carbocycles. The highest BCUT2D eigenvalue weighted by Gasteiger charge is 2.13. The first-order valence-corrected chi connectivity index (χ1v) is 10.4. The molecule has 0 saturated heterocycles. The normalized spacial score (nSPS) is 11.1. The number of ether oxygens (including phenoxy) is 1. The first-order valence-electron chi connectivity index (χ1n) is 10.4. The van der Waals surface area contributed by atoms with Gasteiger partial charge < -0.3 is 10.1 Å². The maximum absolute atomic E-state index is 15.0. The number of halogens is 3. The minimum atomic E-state index is -2.95. The Morgan fingerprint density at radius 1 is 0.794 bits per heavy atom. The van der Waals surface area contributed by atoms with Gasteiger partial charge in [-0.1, -0.05) is 24.3 Å². The van der Waals surface area contributed by atoms with Crippen molar-refractivity contribution in [3.63, 3.8) is 0 Å². The molecule has 34 heavy (non-hydrogen) atoms. The molecule has 0 aliphatic heterocycles. The van der Waals surface area contributed by atoms with Crippen molar-refractivity contribution in [2.45, 2.75) is 6.61 Å². The van der Waals surface area contributed by atoms with Gasteiger partial charge in [-0.25, -0.2) is 14.4 Å². The third-order valence-electron chi connectivity index (χ3n) is 5.14. The zero-order valence-corrected chi connectivity index (χ0v) is 17.6. The number of para-hydroxylation sites is 1. The summed E-state index contributed by atoms with van der Waals surface area (Å²) in [4.78, 5) is 13.3. The molecule has 8 heteroatoms. The molecule has 1 N–H and O–H groups in total. The molecule has 0 fully saturated rings. The van der Waals surface area contributed by atoms with E-state index in [0.717, 1.165) is 16.5 Å². The second kappa shape index (κ2) is 9.19. The Bertz CT molecular complexity index is 1460. The Morgan fingerprint density at radius 2 is 1.62 bits per heavy atom. The highest BCUT2D eigenvalue weighted by molar-refractivity contribution is 5.92. The van der Waals surface area contributed by atoms with Crippen LogP contribution in [0.4, 0.5) is 24.7 Å². The van der Waals surface area contributed by atoms with Crippen LogP contribution >= 0.6 is 0 Å². The van der Waals surface area contributed by atoms with Gasteiger partial charge in [0.2, 0.25) is 0 Å². The number of nitrogens with zero attached hydrogens (tertiary/aromatic N) is 3. The second-order valence-corrected chi connectivity index (χ2v) is 7.37. The zero-order chi connectivity index (χ0) is 23.5. The van der Waals surface area contributed by atoms with Gasteiger partial charge in [-0.05, 0) is 60.2 Å². The molecule has 0 amide bonds. The number of hydrogen-bond donors (Lipinski definition) is 1. The van der Waals surface area contributed by atoms with E-state index in [-0.39, 0.29) is 11.3 Å². The molecule has 5 nitrogen and oxygen atoms in total. The summed E-state index contributed by atoms with van der Waals surface area (Å²) in [5.41, 5.74) is 2.70. The van der Waals surface area contributed by atoms with Crippen LogP contribution in [-0.2, 0) is 0 Å². The number of nitrogens with one attached hydrogen (secondary N) is 1. The van der Waals surface area contributed by atoms with Crippen molar-refractivity contribution in [3.8, 4) is 28.3 Å². The highest BCUT2D eigenvalue weighted by atomic mass is 19.3. The molecule has 0 bridgehead atoms. The molecule has 0 aliphatic rings. The fraction of sp³-hybridized carbons (Fsp3) is 0.0385. The minimum Gasteiger partial charge on any atom is -0.435 e. The molecule has 0 saturated carbocycles. The summed E-state index contributed by atoms with van der Waals surface area (Å²) in [5, 5.41) is 3.96. The first kappa shape index (κ1) is 21.4. The smallest absolute Gasteiger partial charge is 0.387 e. The van der Waals surface area contributed by atoms with Crippen molar-refractivity contribution >= 4 is 22.4 Å². The van der Waals surface area contributed by atoms with Crippen LogP contribution in [0.1, 0.15) is 0 Å². The van der Waals surface area contributed by atoms with Crippen LogP contribution in [0.15, 0.2) is 91.3 Å². The fourth-order valence-electron chi connectivity index (χ4n) is 3.61. The molecule has 5 rings (SSSR count). The van der Waals surface area contributed by atoms with Crippen LogP contribution in [0, 0.1) is 5.82 Å². The first-order chi connectivity index (χ1) is 16.6. The number of anilines is 2. The van der Waals surface area contributed by atoms with Gasteiger partial charge >= 0.3 is 6.61 Å². The Labute approximate surface area is 192 Å². The van der Waals surface area contributed by atoms with Crippen molar-refractivity contribution < 1.29 is 17.9 Å². The predicted molar refractivity (Wildman–Crippen MR) is 125 cm³/mol. The van der Waals surface area contributed by atoms with Crippen LogP contribution in [0.2, 0.25) is 0 Å². The number of pyridine rings is 1. The van der Waals surface area contributed by atoms with Crippen molar-refractivity contribution in [1.82, 2.24) is 15.0 Å². The molecule has 2 heterocycles. The highest BCUT2D eigenvalue weighted by Crippen LogP contribution is 2.31. The van der Waals surface area contributed by atoms with Crippen LogP contribution < -0.4 is 10.1 Å². The van der Waals surface area contributed by atoms with E-state index < -0.39 is 12.4 Å². The standard InChI is InChI=1S/C26H17F3N4O/c27-22-15-18(8-9-20(22)17-4-3-5-19(14-17)34-26(28)29)31-25-21-6-1-2-7-23(21)32-24(33-25)16-10-12-30-13-11-16/h1-15,26H,(H,31,32,33). The molecule has 2 aromatic heterocycles. The maximum atomic E-state index is 15.0. The van der Waals surface area contributed by atoms with Crippen LogP contribution in [0.5, 0.6) is 5.75 Å². The summed E-state index contributed by atoms with van der Waals surface area (Å²) in [6.45, 7) is -2.95. The monoisotopic (exact) mass is 458 g/mol. The summed E-state index contributed by atoms with van der Waals surface area (Å²) in [6.07, 6.45) is 3.33. The summed E-state index contributed by atoms with van der Waals surface area (Å²) >= 11 is 0. The quantitative estimate of drug-likeness (QED) is 0.302. The third-order valence-corrected chi connectivity index (χ3v) is 5.14. The van der Waals surface area contributed by atoms with Gasteiger partial charge in [0.05, 0.1) is 5.52 Å². The number of aromatic nitrogens is 3. The van der Waals surface area contributed by atoms with Crippen molar-refractivity contribution in [1.29, 1.82) is 0 Å². The SMILES string of the molecule is Fc1cc(Nc2nc(-c3ccncc3)nc3ccccc23)ccc1-c1cccc(OC(F)F)c1. The zero-order valence-electron chi connectivity index (χ0n) is 17.6. The number of alkyl halides is 2. The number of hydrogen-bond acceptors (Lipinski definition) is 5. The van der Waals surface area contributed by atoms with E-state index in [9.17, 15) is 8.78 Å². The van der Waals surface area contributed by atoms with E-state index in [1.54, 1.807) is 30.6 Å². The largest absolute Gasteiger partial charge is 0.435 e. The fourth-order valence-corrected chi connectivity index (χ4v) is 3.61. The van der Waals surface area contributed by atoms with Gasteiger partial charge in [0.15, 0.2) is 5.82 Å². The minimum absolute atomic E-state index is 0.0369. The summed E-state index contributed by atoms with van der Waals surface area (Å²) in [7, 11) is 0. The molecule has 5 aromatic rings. The molecule has 0 unspecified atom stereocenters. The summed E-state index contributed by atoms with van der Waals surface area (Å²) in [6, 6.07) is 21.7. The number of benzene rings is 3. The van der Waals surface area contributed by atoms with Crippen LogP contribution in [-0.4, -0.2) is 21.6 Å². The molecular formula is C26H17F3N4O. The Morgan fingerprint density at radius 3 is 2.41 bits per heavy atom. The Kier molecular flexibility index (Phi) is 5.78. The van der Waals surface area contributed by atoms with Crippen molar-refractivity contribution in [3.05, 3.63) is 97.1 Å². The lowest BCUT2D eigenvalue weighted by Gasteiger charge is -2.13. The third kappa shape index (κ3) is 4.52. The number of rotatable bonds is 6. The average Bonchev–Trinajstić information content (AvgIpc) is 2.84. The van der Waals surface area contributed by atoms with Crippen molar-refractivity contribution in [2.24, 2.45) is 0 Å². The van der Waals surface area contributed by atoms with E-state index in [0.29, 0.717) is 22.9 Å². The molecule has 0 spiro atoms. The summed E-state index contributed by atoms with van der Waals surface area (Å²) < 4.78 is 44.5. The lowest BCUT2D eigenvalue weighted by molar-refractivity contribution is -0.0498. The molecule has 0 atom stereocenters. The Balaban J connectivity index is 1.50. The van der Waals surface area contributed by atoms with Gasteiger partial charge in [0, 0.05) is 34.6 Å². The average molecular weight is 458 g/mol. The van der Waals surface area contributed by atoms with Gasteiger partial charge in [-0.3, -0.25) is 4.98 Å². The lowest BCUT2D eigenvalue weighted by Crippen LogP contribution is -2.02. The van der Waals surface area contributed by atoms with E-state index in [4.69, 9.17) is 0 Å². The lowest BCUT2D eigenvalue weighted by atomic mass is 10.0. The van der Waals surface area contributed by atoms with Gasteiger partial charge in [-0.15, -0.1) is 0 Å². The number of fused-ring (bicyclic) bond motifs is 1. The van der Waals surface area contributed by atoms with E-state index in [1.165, 1.54) is 24.3 Å². The maximum Gasteiger partial charge on any atom is 0.387 e. The second-order valence-electron chi connectivity index (χ2n) is 7.37. The van der Waals surface area contributed by atoms with Crippen LogP contribution in [0.3, 0.4) is 0 Å². The Hall–Kier alpha value is -4.46.